The smallest absolute Gasteiger partial charge is 0.303 e. The molecule has 0 aliphatic heterocycles. The Morgan fingerprint density at radius 3 is 2.62 bits per heavy atom. The number of nitrogens with zero attached hydrogens (tertiary/aromatic N) is 1. The van der Waals surface area contributed by atoms with Crippen LogP contribution in [0.3, 0.4) is 0 Å². The summed E-state index contributed by atoms with van der Waals surface area (Å²) in [6.07, 6.45) is 4.69. The van der Waals surface area contributed by atoms with Crippen LogP contribution in [-0.4, -0.2) is 15.6 Å². The topological polar surface area (TPSA) is 42.2 Å². The van der Waals surface area contributed by atoms with E-state index >= 15 is 0 Å². The summed E-state index contributed by atoms with van der Waals surface area (Å²) >= 11 is 0. The van der Waals surface area contributed by atoms with E-state index in [1.165, 1.54) is 0 Å². The Hall–Kier alpha value is -2.03. The van der Waals surface area contributed by atoms with Crippen LogP contribution in [0, 0.1) is 0 Å². The lowest BCUT2D eigenvalue weighted by molar-refractivity contribution is -0.136. The number of rotatable bonds is 4. The van der Waals surface area contributed by atoms with Gasteiger partial charge in [-0.2, -0.15) is 0 Å². The highest BCUT2D eigenvalue weighted by Gasteiger charge is 2.00. The van der Waals surface area contributed by atoms with Crippen molar-refractivity contribution in [2.24, 2.45) is 0 Å². The summed E-state index contributed by atoms with van der Waals surface area (Å²) in [5.74, 6) is -0.758. The number of carboxylic acids is 1. The van der Waals surface area contributed by atoms with Crippen molar-refractivity contribution in [1.29, 1.82) is 0 Å². The molecular formula is C13H13NO2. The first-order valence-electron chi connectivity index (χ1n) is 5.20. The van der Waals surface area contributed by atoms with Gasteiger partial charge in [-0.25, -0.2) is 0 Å². The molecule has 3 nitrogen and oxygen atoms in total. The quantitative estimate of drug-likeness (QED) is 0.851. The summed E-state index contributed by atoms with van der Waals surface area (Å²) in [6, 6.07) is 11.9. The number of carbonyl (C=O) groups is 1. The Morgan fingerprint density at radius 1 is 1.19 bits per heavy atom. The van der Waals surface area contributed by atoms with E-state index in [-0.39, 0.29) is 6.42 Å². The third kappa shape index (κ3) is 2.51. The van der Waals surface area contributed by atoms with Gasteiger partial charge in [0.15, 0.2) is 0 Å². The van der Waals surface area contributed by atoms with Crippen LogP contribution >= 0.6 is 0 Å². The predicted octanol–water partition coefficient (Wildman–Crippen LogP) is 2.49. The van der Waals surface area contributed by atoms with E-state index < -0.39 is 5.97 Å². The molecule has 1 heterocycles. The summed E-state index contributed by atoms with van der Waals surface area (Å²) in [6.45, 7) is 0. The van der Waals surface area contributed by atoms with E-state index in [4.69, 9.17) is 5.11 Å². The minimum atomic E-state index is -0.758. The maximum Gasteiger partial charge on any atom is 0.303 e. The number of hydrogen-bond acceptors (Lipinski definition) is 1. The maximum atomic E-state index is 10.5. The summed E-state index contributed by atoms with van der Waals surface area (Å²) in [7, 11) is 0. The van der Waals surface area contributed by atoms with Crippen LogP contribution < -0.4 is 0 Å². The van der Waals surface area contributed by atoms with Crippen LogP contribution in [0.25, 0.3) is 5.69 Å². The first-order valence-corrected chi connectivity index (χ1v) is 5.20. The number of carboxylic acid groups (broad SMARTS) is 1. The van der Waals surface area contributed by atoms with E-state index in [0.717, 1.165) is 11.3 Å². The molecule has 0 saturated carbocycles. The van der Waals surface area contributed by atoms with Gasteiger partial charge in [0, 0.05) is 24.5 Å². The molecule has 0 radical (unpaired) electrons. The predicted molar refractivity (Wildman–Crippen MR) is 61.7 cm³/mol. The van der Waals surface area contributed by atoms with Crippen molar-refractivity contribution in [3.8, 4) is 5.69 Å². The average Bonchev–Trinajstić information content (AvgIpc) is 2.80. The highest BCUT2D eigenvalue weighted by Crippen LogP contribution is 2.12. The maximum absolute atomic E-state index is 10.5. The highest BCUT2D eigenvalue weighted by atomic mass is 16.4. The molecule has 1 aromatic heterocycles. The van der Waals surface area contributed by atoms with Crippen molar-refractivity contribution in [3.05, 3.63) is 54.4 Å². The molecule has 0 saturated heterocycles. The third-order valence-electron chi connectivity index (χ3n) is 2.44. The van der Waals surface area contributed by atoms with Gasteiger partial charge in [-0.15, -0.1) is 0 Å². The van der Waals surface area contributed by atoms with Gasteiger partial charge in [-0.3, -0.25) is 4.79 Å². The lowest BCUT2D eigenvalue weighted by atomic mass is 10.1. The molecule has 3 heteroatoms. The molecule has 1 N–H and O–H groups in total. The molecule has 0 spiro atoms. The van der Waals surface area contributed by atoms with E-state index in [1.54, 1.807) is 0 Å². The van der Waals surface area contributed by atoms with Crippen LogP contribution in [-0.2, 0) is 11.2 Å². The zero-order valence-electron chi connectivity index (χ0n) is 8.84. The third-order valence-corrected chi connectivity index (χ3v) is 2.44. The minimum Gasteiger partial charge on any atom is -0.481 e. The molecule has 0 atom stereocenters. The average molecular weight is 215 g/mol. The molecule has 0 amide bonds. The van der Waals surface area contributed by atoms with Gasteiger partial charge < -0.3 is 9.67 Å². The fourth-order valence-electron chi connectivity index (χ4n) is 1.63. The second-order valence-electron chi connectivity index (χ2n) is 3.65. The van der Waals surface area contributed by atoms with E-state index in [9.17, 15) is 4.79 Å². The highest BCUT2D eigenvalue weighted by molar-refractivity contribution is 5.67. The first kappa shape index (κ1) is 10.5. The number of aliphatic carboxylic acids is 1. The SMILES string of the molecule is O=C(O)CCc1cccc(-n2cccc2)c1. The van der Waals surface area contributed by atoms with Crippen molar-refractivity contribution in [2.45, 2.75) is 12.8 Å². The molecule has 16 heavy (non-hydrogen) atoms. The van der Waals surface area contributed by atoms with Crippen LogP contribution in [0.5, 0.6) is 0 Å². The van der Waals surface area contributed by atoms with Crippen LogP contribution in [0.4, 0.5) is 0 Å². The molecule has 82 valence electrons. The summed E-state index contributed by atoms with van der Waals surface area (Å²) in [5, 5.41) is 8.62. The van der Waals surface area contributed by atoms with Crippen molar-refractivity contribution >= 4 is 5.97 Å². The zero-order chi connectivity index (χ0) is 11.4. The second kappa shape index (κ2) is 4.66. The van der Waals surface area contributed by atoms with Gasteiger partial charge in [0.05, 0.1) is 0 Å². The van der Waals surface area contributed by atoms with Gasteiger partial charge in [-0.05, 0) is 36.2 Å². The molecule has 0 aliphatic carbocycles. The van der Waals surface area contributed by atoms with E-state index in [2.05, 4.69) is 0 Å². The van der Waals surface area contributed by atoms with Crippen LogP contribution in [0.2, 0.25) is 0 Å². The monoisotopic (exact) mass is 215 g/mol. The molecule has 2 rings (SSSR count). The number of hydrogen-bond donors (Lipinski definition) is 1. The Kier molecular flexibility index (Phi) is 3.05. The molecule has 0 unspecified atom stereocenters. The van der Waals surface area contributed by atoms with Gasteiger partial charge in [-0.1, -0.05) is 12.1 Å². The molecular weight excluding hydrogens is 202 g/mol. The Bertz CT molecular complexity index is 474. The first-order chi connectivity index (χ1) is 7.75. The van der Waals surface area contributed by atoms with Crippen molar-refractivity contribution in [1.82, 2.24) is 4.57 Å². The summed E-state index contributed by atoms with van der Waals surface area (Å²) in [4.78, 5) is 10.5. The fourth-order valence-corrected chi connectivity index (χ4v) is 1.63. The fraction of sp³-hybridized carbons (Fsp3) is 0.154. The largest absolute Gasteiger partial charge is 0.481 e. The normalized spacial score (nSPS) is 10.2. The molecule has 0 aliphatic rings. The lowest BCUT2D eigenvalue weighted by Crippen LogP contribution is -1.98. The number of aryl methyl sites for hydroxylation is 1. The Morgan fingerprint density at radius 2 is 1.94 bits per heavy atom. The molecule has 0 fully saturated rings. The summed E-state index contributed by atoms with van der Waals surface area (Å²) < 4.78 is 2.00. The van der Waals surface area contributed by atoms with Gasteiger partial charge >= 0.3 is 5.97 Å². The van der Waals surface area contributed by atoms with Gasteiger partial charge in [0.2, 0.25) is 0 Å². The minimum absolute atomic E-state index is 0.176. The lowest BCUT2D eigenvalue weighted by Gasteiger charge is -2.05. The standard InChI is InChI=1S/C13H13NO2/c15-13(16)7-6-11-4-3-5-12(10-11)14-8-1-2-9-14/h1-5,8-10H,6-7H2,(H,15,16). The Labute approximate surface area is 94.0 Å². The van der Waals surface area contributed by atoms with Crippen molar-refractivity contribution in [3.63, 3.8) is 0 Å². The molecule has 1 aromatic carbocycles. The van der Waals surface area contributed by atoms with E-state index in [1.807, 2.05) is 53.4 Å². The second-order valence-corrected chi connectivity index (χ2v) is 3.65. The van der Waals surface area contributed by atoms with Crippen molar-refractivity contribution < 1.29 is 9.90 Å². The number of benzene rings is 1. The van der Waals surface area contributed by atoms with Crippen LogP contribution in [0.15, 0.2) is 48.8 Å². The van der Waals surface area contributed by atoms with Crippen LogP contribution in [0.1, 0.15) is 12.0 Å². The Balaban J connectivity index is 2.17. The molecule has 0 bridgehead atoms. The van der Waals surface area contributed by atoms with Gasteiger partial charge in [0.25, 0.3) is 0 Å². The summed E-state index contributed by atoms with van der Waals surface area (Å²) in [5.41, 5.74) is 2.11. The van der Waals surface area contributed by atoms with E-state index in [0.29, 0.717) is 6.42 Å². The zero-order valence-corrected chi connectivity index (χ0v) is 8.84. The van der Waals surface area contributed by atoms with Gasteiger partial charge in [0.1, 0.15) is 0 Å². The van der Waals surface area contributed by atoms with Crippen molar-refractivity contribution in [2.75, 3.05) is 0 Å². The molecule has 2 aromatic rings. The number of aromatic nitrogens is 1.